The van der Waals surface area contributed by atoms with E-state index in [1.165, 1.54) is 11.1 Å². The van der Waals surface area contributed by atoms with Gasteiger partial charge < -0.3 is 15.7 Å². The molecule has 0 saturated carbocycles. The zero-order valence-electron chi connectivity index (χ0n) is 10.5. The summed E-state index contributed by atoms with van der Waals surface area (Å²) in [5.41, 5.74) is 5.57. The quantitative estimate of drug-likeness (QED) is 0.780. The molecule has 19 heavy (non-hydrogen) atoms. The van der Waals surface area contributed by atoms with Gasteiger partial charge in [-0.25, -0.2) is 0 Å². The highest BCUT2D eigenvalue weighted by atomic mass is 16.3. The smallest absolute Gasteiger partial charge is 0.273 e. The Bertz CT molecular complexity index is 463. The largest absolute Gasteiger partial charge is 0.390 e. The van der Waals surface area contributed by atoms with Crippen molar-refractivity contribution in [2.75, 3.05) is 6.54 Å². The van der Waals surface area contributed by atoms with E-state index in [1.807, 2.05) is 0 Å². The number of nitrogens with two attached hydrogens (primary N) is 1. The summed E-state index contributed by atoms with van der Waals surface area (Å²) in [4.78, 5) is 29.2. The normalized spacial score (nSPS) is 23.7. The van der Waals surface area contributed by atoms with Crippen LogP contribution in [0.5, 0.6) is 0 Å². The minimum atomic E-state index is -0.975. The average Bonchev–Trinajstić information content (AvgIpc) is 2.60. The highest BCUT2D eigenvalue weighted by molar-refractivity contribution is 5.96. The Balaban J connectivity index is 2.28. The van der Waals surface area contributed by atoms with Crippen molar-refractivity contribution in [2.24, 2.45) is 5.73 Å². The number of carbonyl (C=O) groups is 2. The van der Waals surface area contributed by atoms with E-state index in [2.05, 4.69) is 4.98 Å². The maximum atomic E-state index is 12.4. The molecule has 0 radical (unpaired) electrons. The molecule has 0 spiro atoms. The standard InChI is InChI=1S/C13H17N3O3/c14-12(18)11-10(17)6-2-4-8-16(11)13(19)9-5-1-3-7-15-9/h1,3,5,7,10-11,17H,2,4,6,8H2,(H2,14,18). The molecule has 1 aromatic heterocycles. The van der Waals surface area contributed by atoms with E-state index >= 15 is 0 Å². The molecule has 1 aliphatic rings. The number of nitrogens with zero attached hydrogens (tertiary/aromatic N) is 2. The van der Waals surface area contributed by atoms with Crippen LogP contribution in [0, 0.1) is 0 Å². The van der Waals surface area contributed by atoms with Gasteiger partial charge >= 0.3 is 0 Å². The molecule has 0 aromatic carbocycles. The summed E-state index contributed by atoms with van der Waals surface area (Å²) < 4.78 is 0. The Hall–Kier alpha value is -1.95. The van der Waals surface area contributed by atoms with Gasteiger partial charge in [0.05, 0.1) is 6.10 Å². The third-order valence-electron chi connectivity index (χ3n) is 3.29. The van der Waals surface area contributed by atoms with Gasteiger partial charge in [0.15, 0.2) is 0 Å². The van der Waals surface area contributed by atoms with E-state index < -0.39 is 18.1 Å². The maximum absolute atomic E-state index is 12.4. The van der Waals surface area contributed by atoms with Crippen molar-refractivity contribution in [3.63, 3.8) is 0 Å². The van der Waals surface area contributed by atoms with Crippen molar-refractivity contribution in [1.29, 1.82) is 0 Å². The van der Waals surface area contributed by atoms with Crippen molar-refractivity contribution in [1.82, 2.24) is 9.88 Å². The Kier molecular flexibility index (Phi) is 4.11. The SMILES string of the molecule is NC(=O)C1C(O)CCCCN1C(=O)c1ccccn1. The number of aliphatic hydroxyl groups is 1. The minimum absolute atomic E-state index is 0.253. The van der Waals surface area contributed by atoms with Crippen LogP contribution in [0.25, 0.3) is 0 Å². The number of aromatic nitrogens is 1. The molecule has 0 aliphatic carbocycles. The highest BCUT2D eigenvalue weighted by Crippen LogP contribution is 2.19. The number of amides is 2. The van der Waals surface area contributed by atoms with Gasteiger partial charge in [-0.3, -0.25) is 14.6 Å². The molecule has 6 heteroatoms. The topological polar surface area (TPSA) is 96.5 Å². The van der Waals surface area contributed by atoms with Crippen LogP contribution in [0.15, 0.2) is 24.4 Å². The summed E-state index contributed by atoms with van der Waals surface area (Å²) in [5.74, 6) is -1.05. The number of likely N-dealkylation sites (tertiary alicyclic amines) is 1. The predicted molar refractivity (Wildman–Crippen MR) is 68.1 cm³/mol. The lowest BCUT2D eigenvalue weighted by molar-refractivity contribution is -0.125. The zero-order chi connectivity index (χ0) is 13.8. The van der Waals surface area contributed by atoms with Crippen molar-refractivity contribution in [3.8, 4) is 0 Å². The van der Waals surface area contributed by atoms with Gasteiger partial charge in [0.1, 0.15) is 11.7 Å². The number of hydrogen-bond acceptors (Lipinski definition) is 4. The molecule has 1 aromatic rings. The third-order valence-corrected chi connectivity index (χ3v) is 3.29. The van der Waals surface area contributed by atoms with Gasteiger partial charge in [-0.15, -0.1) is 0 Å². The third kappa shape index (κ3) is 2.90. The summed E-state index contributed by atoms with van der Waals surface area (Å²) >= 11 is 0. The first-order valence-corrected chi connectivity index (χ1v) is 6.30. The van der Waals surface area contributed by atoms with E-state index in [1.54, 1.807) is 18.2 Å². The second-order valence-corrected chi connectivity index (χ2v) is 4.62. The van der Waals surface area contributed by atoms with Crippen LogP contribution in [0.2, 0.25) is 0 Å². The van der Waals surface area contributed by atoms with Crippen LogP contribution in [-0.2, 0) is 4.79 Å². The molecule has 2 atom stereocenters. The molecule has 2 unspecified atom stereocenters. The van der Waals surface area contributed by atoms with Gasteiger partial charge in [-0.1, -0.05) is 6.07 Å². The maximum Gasteiger partial charge on any atom is 0.273 e. The van der Waals surface area contributed by atoms with Gasteiger partial charge in [0, 0.05) is 12.7 Å². The van der Waals surface area contributed by atoms with E-state index in [-0.39, 0.29) is 11.6 Å². The fourth-order valence-corrected chi connectivity index (χ4v) is 2.35. The van der Waals surface area contributed by atoms with Gasteiger partial charge in [0.2, 0.25) is 5.91 Å². The van der Waals surface area contributed by atoms with Crippen molar-refractivity contribution < 1.29 is 14.7 Å². The van der Waals surface area contributed by atoms with Crippen LogP contribution < -0.4 is 5.73 Å². The van der Waals surface area contributed by atoms with Crippen LogP contribution >= 0.6 is 0 Å². The second kappa shape index (κ2) is 5.79. The molecule has 2 rings (SSSR count). The molecule has 1 aliphatic heterocycles. The Labute approximate surface area is 111 Å². The first-order valence-electron chi connectivity index (χ1n) is 6.30. The number of primary amides is 1. The lowest BCUT2D eigenvalue weighted by Crippen LogP contribution is -2.53. The van der Waals surface area contributed by atoms with Crippen LogP contribution in [-0.4, -0.2) is 45.5 Å². The highest BCUT2D eigenvalue weighted by Gasteiger charge is 2.36. The molecule has 102 valence electrons. The predicted octanol–water partition coefficient (Wildman–Crippen LogP) is -0.0775. The average molecular weight is 263 g/mol. The van der Waals surface area contributed by atoms with Crippen LogP contribution in [0.4, 0.5) is 0 Å². The number of aliphatic hydroxyl groups excluding tert-OH is 1. The monoisotopic (exact) mass is 263 g/mol. The van der Waals surface area contributed by atoms with Crippen molar-refractivity contribution in [3.05, 3.63) is 30.1 Å². The first kappa shape index (κ1) is 13.5. The lowest BCUT2D eigenvalue weighted by atomic mass is 10.1. The molecule has 1 saturated heterocycles. The fraction of sp³-hybridized carbons (Fsp3) is 0.462. The summed E-state index contributed by atoms with van der Waals surface area (Å²) in [7, 11) is 0. The molecule has 6 nitrogen and oxygen atoms in total. The Morgan fingerprint density at radius 2 is 2.16 bits per heavy atom. The summed E-state index contributed by atoms with van der Waals surface area (Å²) in [6.07, 6.45) is 2.57. The molecule has 1 fully saturated rings. The summed E-state index contributed by atoms with van der Waals surface area (Å²) in [6, 6.07) is 4.02. The van der Waals surface area contributed by atoms with Gasteiger partial charge in [0.25, 0.3) is 5.91 Å². The number of pyridine rings is 1. The van der Waals surface area contributed by atoms with Crippen molar-refractivity contribution in [2.45, 2.75) is 31.4 Å². The zero-order valence-corrected chi connectivity index (χ0v) is 10.5. The molecule has 3 N–H and O–H groups in total. The number of rotatable bonds is 2. The van der Waals surface area contributed by atoms with E-state index in [9.17, 15) is 14.7 Å². The van der Waals surface area contributed by atoms with E-state index in [0.29, 0.717) is 13.0 Å². The molecule has 2 heterocycles. The molecular formula is C13H17N3O3. The molecule has 0 bridgehead atoms. The lowest BCUT2D eigenvalue weighted by Gasteiger charge is -2.30. The minimum Gasteiger partial charge on any atom is -0.390 e. The first-order chi connectivity index (χ1) is 9.11. The van der Waals surface area contributed by atoms with E-state index in [0.717, 1.165) is 12.8 Å². The van der Waals surface area contributed by atoms with Gasteiger partial charge in [-0.05, 0) is 31.4 Å². The van der Waals surface area contributed by atoms with Crippen LogP contribution in [0.3, 0.4) is 0 Å². The summed E-state index contributed by atoms with van der Waals surface area (Å²) in [5, 5.41) is 9.97. The fourth-order valence-electron chi connectivity index (χ4n) is 2.35. The number of carbonyl (C=O) groups excluding carboxylic acids is 2. The second-order valence-electron chi connectivity index (χ2n) is 4.62. The molecule has 2 amide bonds. The number of hydrogen-bond donors (Lipinski definition) is 2. The van der Waals surface area contributed by atoms with Gasteiger partial charge in [-0.2, -0.15) is 0 Å². The Morgan fingerprint density at radius 1 is 1.37 bits per heavy atom. The Morgan fingerprint density at radius 3 is 2.79 bits per heavy atom. The van der Waals surface area contributed by atoms with E-state index in [4.69, 9.17) is 5.73 Å². The van der Waals surface area contributed by atoms with Crippen LogP contribution in [0.1, 0.15) is 29.8 Å². The summed E-state index contributed by atoms with van der Waals surface area (Å²) in [6.45, 7) is 0.403. The molecular weight excluding hydrogens is 246 g/mol. The van der Waals surface area contributed by atoms with Crippen molar-refractivity contribution >= 4 is 11.8 Å².